The Balaban J connectivity index is 1.95. The number of nitrogens with zero attached hydrogens (tertiary/aromatic N) is 1. The molecule has 3 N–H and O–H groups in total. The molecule has 1 aromatic carbocycles. The van der Waals surface area contributed by atoms with Gasteiger partial charge in [-0.1, -0.05) is 0 Å². The van der Waals surface area contributed by atoms with E-state index in [4.69, 9.17) is 0 Å². The second-order valence-electron chi connectivity index (χ2n) is 4.44. The molecule has 20 heavy (non-hydrogen) atoms. The van der Waals surface area contributed by atoms with E-state index >= 15 is 0 Å². The van der Waals surface area contributed by atoms with Crippen LogP contribution in [0.15, 0.2) is 18.2 Å². The number of hydrogen-bond acceptors (Lipinski definition) is 6. The molecular formula is C12H15N3O4S. The number of carbonyl (C=O) groups excluding carboxylic acids is 1. The number of phenols is 1. The summed E-state index contributed by atoms with van der Waals surface area (Å²) in [6.45, 7) is 0.880. The van der Waals surface area contributed by atoms with Crippen LogP contribution in [0, 0.1) is 10.1 Å². The summed E-state index contributed by atoms with van der Waals surface area (Å²) in [6, 6.07) is 3.71. The van der Waals surface area contributed by atoms with Crippen LogP contribution in [0.2, 0.25) is 0 Å². The Morgan fingerprint density at radius 2 is 2.40 bits per heavy atom. The maximum absolute atomic E-state index is 11.8. The summed E-state index contributed by atoms with van der Waals surface area (Å²) in [5.41, 5.74) is -0.0325. The molecule has 0 bridgehead atoms. The fraction of sp³-hybridized carbons (Fsp3) is 0.417. The highest BCUT2D eigenvalue weighted by Gasteiger charge is 2.18. The fourth-order valence-corrected chi connectivity index (χ4v) is 2.86. The highest BCUT2D eigenvalue weighted by atomic mass is 32.2. The van der Waals surface area contributed by atoms with Crippen molar-refractivity contribution in [1.29, 1.82) is 0 Å². The van der Waals surface area contributed by atoms with Gasteiger partial charge in [-0.25, -0.2) is 0 Å². The summed E-state index contributed by atoms with van der Waals surface area (Å²) in [6.07, 6.45) is 0.309. The molecule has 0 spiro atoms. The predicted octanol–water partition coefficient (Wildman–Crippen LogP) is 1.33. The molecule has 1 amide bonds. The minimum absolute atomic E-state index is 0.119. The molecular weight excluding hydrogens is 282 g/mol. The summed E-state index contributed by atoms with van der Waals surface area (Å²) in [5, 5.41) is 26.0. The molecule has 0 aromatic heterocycles. The van der Waals surface area contributed by atoms with Crippen LogP contribution in [0.1, 0.15) is 6.42 Å². The number of carbonyl (C=O) groups is 1. The van der Waals surface area contributed by atoms with Gasteiger partial charge in [-0.2, -0.15) is 11.8 Å². The first kappa shape index (κ1) is 14.6. The summed E-state index contributed by atoms with van der Waals surface area (Å²) >= 11 is 1.79. The van der Waals surface area contributed by atoms with Gasteiger partial charge in [-0.3, -0.25) is 14.9 Å². The molecule has 0 radical (unpaired) electrons. The van der Waals surface area contributed by atoms with Gasteiger partial charge < -0.3 is 15.7 Å². The van der Waals surface area contributed by atoms with Gasteiger partial charge in [0.2, 0.25) is 5.91 Å². The van der Waals surface area contributed by atoms with Gasteiger partial charge in [-0.05, 0) is 6.07 Å². The molecule has 1 aromatic rings. The number of anilines is 1. The van der Waals surface area contributed by atoms with Crippen molar-refractivity contribution in [3.8, 4) is 5.75 Å². The maximum atomic E-state index is 11.8. The molecule has 1 heterocycles. The Bertz CT molecular complexity index is 517. The predicted molar refractivity (Wildman–Crippen MR) is 77.1 cm³/mol. The van der Waals surface area contributed by atoms with E-state index in [2.05, 4.69) is 10.6 Å². The Labute approximate surface area is 119 Å². The van der Waals surface area contributed by atoms with Gasteiger partial charge in [0.05, 0.1) is 16.7 Å². The van der Waals surface area contributed by atoms with Gasteiger partial charge >= 0.3 is 0 Å². The highest BCUT2D eigenvalue weighted by molar-refractivity contribution is 7.99. The maximum Gasteiger partial charge on any atom is 0.273 e. The number of aromatic hydroxyl groups is 1. The number of thioether (sulfide) groups is 1. The van der Waals surface area contributed by atoms with Crippen molar-refractivity contribution in [2.75, 3.05) is 23.4 Å². The number of benzene rings is 1. The zero-order valence-electron chi connectivity index (χ0n) is 10.7. The van der Waals surface area contributed by atoms with Crippen LogP contribution in [-0.4, -0.2) is 40.0 Å². The Morgan fingerprint density at radius 1 is 1.60 bits per heavy atom. The first-order valence-electron chi connectivity index (χ1n) is 6.14. The van der Waals surface area contributed by atoms with Crippen molar-refractivity contribution in [3.05, 3.63) is 28.3 Å². The van der Waals surface area contributed by atoms with E-state index in [0.29, 0.717) is 6.42 Å². The van der Waals surface area contributed by atoms with Crippen LogP contribution >= 0.6 is 11.8 Å². The van der Waals surface area contributed by atoms with E-state index in [1.165, 1.54) is 12.1 Å². The minimum Gasteiger partial charge on any atom is -0.506 e. The van der Waals surface area contributed by atoms with E-state index in [1.807, 2.05) is 0 Å². The molecule has 0 saturated carbocycles. The summed E-state index contributed by atoms with van der Waals surface area (Å²) in [4.78, 5) is 21.8. The topological polar surface area (TPSA) is 104 Å². The molecule has 7 nitrogen and oxygen atoms in total. The lowest BCUT2D eigenvalue weighted by Gasteiger charge is -2.22. The van der Waals surface area contributed by atoms with Crippen LogP contribution in [0.4, 0.5) is 11.4 Å². The third-order valence-electron chi connectivity index (χ3n) is 2.90. The van der Waals surface area contributed by atoms with E-state index in [0.717, 1.165) is 24.1 Å². The molecule has 0 aliphatic carbocycles. The Morgan fingerprint density at radius 3 is 3.00 bits per heavy atom. The molecule has 108 valence electrons. The number of hydrogen-bond donors (Lipinski definition) is 3. The molecule has 8 heteroatoms. The van der Waals surface area contributed by atoms with Crippen molar-refractivity contribution in [2.24, 2.45) is 0 Å². The number of nitrogens with one attached hydrogen (secondary N) is 2. The minimum atomic E-state index is -0.603. The second-order valence-corrected chi connectivity index (χ2v) is 5.59. The van der Waals surface area contributed by atoms with Crippen molar-refractivity contribution in [3.63, 3.8) is 0 Å². The Hall–Kier alpha value is -1.80. The first-order valence-corrected chi connectivity index (χ1v) is 7.30. The lowest BCUT2D eigenvalue weighted by atomic mass is 10.2. The second kappa shape index (κ2) is 6.58. The third-order valence-corrected chi connectivity index (χ3v) is 4.03. The van der Waals surface area contributed by atoms with Crippen molar-refractivity contribution < 1.29 is 14.8 Å². The number of amides is 1. The largest absolute Gasteiger partial charge is 0.506 e. The van der Waals surface area contributed by atoms with Crippen LogP contribution in [0.3, 0.4) is 0 Å². The number of non-ortho nitro benzene ring substituents is 1. The van der Waals surface area contributed by atoms with Crippen molar-refractivity contribution in [2.45, 2.75) is 12.5 Å². The zero-order chi connectivity index (χ0) is 14.5. The average molecular weight is 297 g/mol. The van der Waals surface area contributed by atoms with Crippen LogP contribution in [0.25, 0.3) is 0 Å². The monoisotopic (exact) mass is 297 g/mol. The van der Waals surface area contributed by atoms with E-state index in [9.17, 15) is 20.0 Å². The summed E-state index contributed by atoms with van der Waals surface area (Å²) < 4.78 is 0. The molecule has 1 fully saturated rings. The average Bonchev–Trinajstić information content (AvgIpc) is 2.42. The quantitative estimate of drug-likeness (QED) is 0.440. The molecule has 1 aliphatic rings. The number of phenolic OH excluding ortho intramolecular Hbond substituents is 1. The molecule has 2 rings (SSSR count). The standard InChI is InChI=1S/C12H15N3O4S/c16-11-6-9(15(18)19)1-2-10(11)14-12(17)5-8-7-20-4-3-13-8/h1-2,6,8,13,16H,3-5,7H2,(H,14,17). The van der Waals surface area contributed by atoms with E-state index < -0.39 is 4.92 Å². The molecule has 1 atom stereocenters. The van der Waals surface area contributed by atoms with Crippen molar-refractivity contribution in [1.82, 2.24) is 5.32 Å². The highest BCUT2D eigenvalue weighted by Crippen LogP contribution is 2.28. The number of rotatable bonds is 4. The lowest BCUT2D eigenvalue weighted by Crippen LogP contribution is -2.39. The van der Waals surface area contributed by atoms with Crippen molar-refractivity contribution >= 4 is 29.0 Å². The lowest BCUT2D eigenvalue weighted by molar-refractivity contribution is -0.384. The van der Waals surface area contributed by atoms with Gasteiger partial charge in [0.25, 0.3) is 5.69 Å². The summed E-state index contributed by atoms with van der Waals surface area (Å²) in [7, 11) is 0. The number of nitro groups is 1. The van der Waals surface area contributed by atoms with E-state index in [-0.39, 0.29) is 29.1 Å². The van der Waals surface area contributed by atoms with Gasteiger partial charge in [0.15, 0.2) is 0 Å². The Kier molecular flexibility index (Phi) is 4.80. The smallest absolute Gasteiger partial charge is 0.273 e. The van der Waals surface area contributed by atoms with E-state index in [1.54, 1.807) is 11.8 Å². The van der Waals surface area contributed by atoms with Crippen LogP contribution < -0.4 is 10.6 Å². The van der Waals surface area contributed by atoms with Crippen LogP contribution in [-0.2, 0) is 4.79 Å². The third kappa shape index (κ3) is 3.84. The first-order chi connectivity index (χ1) is 9.56. The van der Waals surface area contributed by atoms with Crippen LogP contribution in [0.5, 0.6) is 5.75 Å². The SMILES string of the molecule is O=C(CC1CSCCN1)Nc1ccc([N+](=O)[O-])cc1O. The zero-order valence-corrected chi connectivity index (χ0v) is 11.5. The molecule has 1 saturated heterocycles. The van der Waals surface area contributed by atoms with Gasteiger partial charge in [0.1, 0.15) is 5.75 Å². The number of nitro benzene ring substituents is 1. The van der Waals surface area contributed by atoms with Gasteiger partial charge in [0, 0.05) is 36.6 Å². The molecule has 1 unspecified atom stereocenters. The van der Waals surface area contributed by atoms with Gasteiger partial charge in [-0.15, -0.1) is 0 Å². The summed E-state index contributed by atoms with van der Waals surface area (Å²) in [5.74, 6) is 1.38. The fourth-order valence-electron chi connectivity index (χ4n) is 1.92. The normalized spacial score (nSPS) is 18.5. The molecule has 1 aliphatic heterocycles.